The van der Waals surface area contributed by atoms with Crippen LogP contribution in [-0.4, -0.2) is 49.6 Å². The Kier molecular flexibility index (Phi) is 4.66. The molecule has 1 amide bonds. The van der Waals surface area contributed by atoms with E-state index in [-0.39, 0.29) is 12.6 Å². The standard InChI is InChI=1S/C8H13F5N2O/c1-5(15(2)3)4-14-6(16)7(9,10)8(11,12)13/h5H,4H2,1-3H3,(H,14,16). The number of hydrogen-bond donors (Lipinski definition) is 1. The zero-order valence-corrected chi connectivity index (χ0v) is 9.03. The number of likely N-dealkylation sites (N-methyl/N-ethyl adjacent to an activating group) is 1. The van der Waals surface area contributed by atoms with Gasteiger partial charge in [-0.1, -0.05) is 0 Å². The molecule has 0 saturated heterocycles. The lowest BCUT2D eigenvalue weighted by Gasteiger charge is -2.23. The van der Waals surface area contributed by atoms with Gasteiger partial charge in [-0.05, 0) is 21.0 Å². The molecule has 96 valence electrons. The fourth-order valence-electron chi connectivity index (χ4n) is 0.663. The summed E-state index contributed by atoms with van der Waals surface area (Å²) in [4.78, 5) is 12.2. The summed E-state index contributed by atoms with van der Waals surface area (Å²) in [6, 6.07) is -0.340. The lowest BCUT2D eigenvalue weighted by Crippen LogP contribution is -2.52. The third kappa shape index (κ3) is 3.58. The highest BCUT2D eigenvalue weighted by atomic mass is 19.4. The van der Waals surface area contributed by atoms with Crippen LogP contribution in [-0.2, 0) is 4.79 Å². The quantitative estimate of drug-likeness (QED) is 0.759. The molecule has 1 atom stereocenters. The maximum atomic E-state index is 12.4. The van der Waals surface area contributed by atoms with Gasteiger partial charge in [0.2, 0.25) is 0 Å². The maximum absolute atomic E-state index is 12.4. The first-order chi connectivity index (χ1) is 7.00. The van der Waals surface area contributed by atoms with Crippen molar-refractivity contribution in [2.24, 2.45) is 0 Å². The van der Waals surface area contributed by atoms with Gasteiger partial charge in [-0.2, -0.15) is 22.0 Å². The largest absolute Gasteiger partial charge is 0.463 e. The van der Waals surface area contributed by atoms with Crippen LogP contribution in [0.25, 0.3) is 0 Å². The van der Waals surface area contributed by atoms with Crippen LogP contribution in [0.3, 0.4) is 0 Å². The number of hydrogen-bond acceptors (Lipinski definition) is 2. The molecule has 16 heavy (non-hydrogen) atoms. The number of nitrogens with zero attached hydrogens (tertiary/aromatic N) is 1. The van der Waals surface area contributed by atoms with Crippen LogP contribution in [0.2, 0.25) is 0 Å². The summed E-state index contributed by atoms with van der Waals surface area (Å²) < 4.78 is 60.1. The SMILES string of the molecule is CC(CNC(=O)C(F)(F)C(F)(F)F)N(C)C. The minimum absolute atomic E-state index is 0.280. The summed E-state index contributed by atoms with van der Waals surface area (Å²) in [6.07, 6.45) is -5.86. The molecule has 0 aliphatic heterocycles. The number of halogens is 5. The van der Waals surface area contributed by atoms with Crippen molar-refractivity contribution < 1.29 is 26.7 Å². The molecule has 0 bridgehead atoms. The second-order valence-corrected chi connectivity index (χ2v) is 3.59. The normalized spacial score (nSPS) is 15.1. The molecule has 0 aromatic heterocycles. The molecule has 0 rings (SSSR count). The van der Waals surface area contributed by atoms with Crippen LogP contribution in [0, 0.1) is 0 Å². The summed E-state index contributed by atoms with van der Waals surface area (Å²) in [5.41, 5.74) is 0. The van der Waals surface area contributed by atoms with E-state index in [9.17, 15) is 26.7 Å². The topological polar surface area (TPSA) is 32.3 Å². The van der Waals surface area contributed by atoms with Gasteiger partial charge in [0.15, 0.2) is 0 Å². The minimum atomic E-state index is -5.86. The van der Waals surface area contributed by atoms with Crippen LogP contribution in [0.15, 0.2) is 0 Å². The van der Waals surface area contributed by atoms with Gasteiger partial charge in [-0.15, -0.1) is 0 Å². The average Bonchev–Trinajstić information content (AvgIpc) is 2.11. The van der Waals surface area contributed by atoms with Crippen molar-refractivity contribution in [3.05, 3.63) is 0 Å². The van der Waals surface area contributed by atoms with Gasteiger partial charge in [-0.25, -0.2) is 0 Å². The van der Waals surface area contributed by atoms with Crippen molar-refractivity contribution in [1.82, 2.24) is 10.2 Å². The Hall–Kier alpha value is -0.920. The van der Waals surface area contributed by atoms with Gasteiger partial charge in [0.25, 0.3) is 5.91 Å². The van der Waals surface area contributed by atoms with Gasteiger partial charge in [0, 0.05) is 12.6 Å². The van der Waals surface area contributed by atoms with Crippen molar-refractivity contribution in [3.63, 3.8) is 0 Å². The number of nitrogens with one attached hydrogen (secondary N) is 1. The van der Waals surface area contributed by atoms with E-state index in [4.69, 9.17) is 0 Å². The number of rotatable bonds is 4. The van der Waals surface area contributed by atoms with E-state index in [1.807, 2.05) is 0 Å². The average molecular weight is 248 g/mol. The van der Waals surface area contributed by atoms with Gasteiger partial charge in [0.05, 0.1) is 0 Å². The summed E-state index contributed by atoms with van der Waals surface area (Å²) in [5, 5.41) is 1.56. The van der Waals surface area contributed by atoms with Crippen molar-refractivity contribution in [1.29, 1.82) is 0 Å². The van der Waals surface area contributed by atoms with Gasteiger partial charge >= 0.3 is 12.1 Å². The van der Waals surface area contributed by atoms with E-state index in [1.165, 1.54) is 0 Å². The first-order valence-corrected chi connectivity index (χ1v) is 4.39. The molecule has 0 saturated carbocycles. The van der Waals surface area contributed by atoms with Gasteiger partial charge < -0.3 is 10.2 Å². The van der Waals surface area contributed by atoms with E-state index in [0.29, 0.717) is 0 Å². The van der Waals surface area contributed by atoms with E-state index in [1.54, 1.807) is 31.2 Å². The van der Waals surface area contributed by atoms with Crippen molar-refractivity contribution >= 4 is 5.91 Å². The van der Waals surface area contributed by atoms with Crippen LogP contribution in [0.4, 0.5) is 22.0 Å². The molecule has 0 aromatic rings. The van der Waals surface area contributed by atoms with Crippen LogP contribution < -0.4 is 5.32 Å². The van der Waals surface area contributed by atoms with Crippen LogP contribution in [0.5, 0.6) is 0 Å². The lowest BCUT2D eigenvalue weighted by atomic mass is 10.2. The van der Waals surface area contributed by atoms with Crippen LogP contribution in [0.1, 0.15) is 6.92 Å². The molecule has 8 heteroatoms. The number of carbonyl (C=O) groups is 1. The molecule has 0 aliphatic rings. The molecular weight excluding hydrogens is 235 g/mol. The third-order valence-electron chi connectivity index (χ3n) is 2.08. The summed E-state index contributed by atoms with van der Waals surface area (Å²) in [6.45, 7) is 1.30. The fourth-order valence-corrected chi connectivity index (χ4v) is 0.663. The Morgan fingerprint density at radius 2 is 1.69 bits per heavy atom. The summed E-state index contributed by atoms with van der Waals surface area (Å²) >= 11 is 0. The van der Waals surface area contributed by atoms with Gasteiger partial charge in [0.1, 0.15) is 0 Å². The van der Waals surface area contributed by atoms with E-state index in [0.717, 1.165) is 0 Å². The molecule has 0 spiro atoms. The monoisotopic (exact) mass is 248 g/mol. The minimum Gasteiger partial charge on any atom is -0.349 e. The molecule has 0 aliphatic carbocycles. The molecular formula is C8H13F5N2O. The maximum Gasteiger partial charge on any atom is 0.463 e. The summed E-state index contributed by atoms with van der Waals surface area (Å²) in [5.74, 6) is -7.67. The smallest absolute Gasteiger partial charge is 0.349 e. The van der Waals surface area contributed by atoms with Crippen molar-refractivity contribution in [2.45, 2.75) is 25.1 Å². The molecule has 1 N–H and O–H groups in total. The van der Waals surface area contributed by atoms with Crippen molar-refractivity contribution in [3.8, 4) is 0 Å². The second kappa shape index (κ2) is 4.94. The highest BCUT2D eigenvalue weighted by molar-refractivity contribution is 5.84. The Bertz CT molecular complexity index is 251. The highest BCUT2D eigenvalue weighted by Crippen LogP contribution is 2.35. The Balaban J connectivity index is 4.38. The first kappa shape index (κ1) is 15.1. The third-order valence-corrected chi connectivity index (χ3v) is 2.08. The first-order valence-electron chi connectivity index (χ1n) is 4.39. The summed E-state index contributed by atoms with van der Waals surface area (Å²) in [7, 11) is 3.22. The van der Waals surface area contributed by atoms with Crippen molar-refractivity contribution in [2.75, 3.05) is 20.6 Å². The fraction of sp³-hybridized carbons (Fsp3) is 0.875. The number of alkyl halides is 5. The zero-order valence-electron chi connectivity index (χ0n) is 9.03. The predicted molar refractivity (Wildman–Crippen MR) is 47.2 cm³/mol. The van der Waals surface area contributed by atoms with E-state index < -0.39 is 18.0 Å². The second-order valence-electron chi connectivity index (χ2n) is 3.59. The van der Waals surface area contributed by atoms with E-state index >= 15 is 0 Å². The Labute approximate surface area is 89.6 Å². The number of carbonyl (C=O) groups excluding carboxylic acids is 1. The number of amides is 1. The zero-order chi connectivity index (χ0) is 13.1. The Morgan fingerprint density at radius 3 is 2.00 bits per heavy atom. The predicted octanol–water partition coefficient (Wildman–Crippen LogP) is 1.25. The molecule has 1 unspecified atom stereocenters. The molecule has 3 nitrogen and oxygen atoms in total. The van der Waals surface area contributed by atoms with Gasteiger partial charge in [-0.3, -0.25) is 4.79 Å². The van der Waals surface area contributed by atoms with Crippen LogP contribution >= 0.6 is 0 Å². The molecule has 0 fully saturated rings. The lowest BCUT2D eigenvalue weighted by molar-refractivity contribution is -0.269. The van der Waals surface area contributed by atoms with E-state index in [2.05, 4.69) is 0 Å². The highest BCUT2D eigenvalue weighted by Gasteiger charge is 2.63. The molecule has 0 radical (unpaired) electrons. The Morgan fingerprint density at radius 1 is 1.25 bits per heavy atom. The molecule has 0 heterocycles. The molecule has 0 aromatic carbocycles.